The number of likely N-dealkylation sites (tertiary alicyclic amines) is 1. The molecule has 2 aliphatic rings. The average molecular weight is 423 g/mol. The fourth-order valence-corrected chi connectivity index (χ4v) is 5.31. The first kappa shape index (κ1) is 19.3. The van der Waals surface area contributed by atoms with E-state index in [0.29, 0.717) is 12.0 Å². The molecular formula is C23H26N4O2S. The van der Waals surface area contributed by atoms with E-state index in [1.54, 1.807) is 24.5 Å². The summed E-state index contributed by atoms with van der Waals surface area (Å²) in [7, 11) is 0. The molecule has 2 aromatic heterocycles. The van der Waals surface area contributed by atoms with Crippen LogP contribution in [0.15, 0.2) is 42.6 Å². The van der Waals surface area contributed by atoms with E-state index >= 15 is 0 Å². The Morgan fingerprint density at radius 3 is 2.73 bits per heavy atom. The molecule has 0 spiro atoms. The summed E-state index contributed by atoms with van der Waals surface area (Å²) in [6.45, 7) is 3.27. The second-order valence-corrected chi connectivity index (χ2v) is 9.25. The summed E-state index contributed by atoms with van der Waals surface area (Å²) < 4.78 is 7.50. The molecule has 0 unspecified atom stereocenters. The Balaban J connectivity index is 1.17. The number of carbonyl (C=O) groups is 1. The molecule has 0 bridgehead atoms. The summed E-state index contributed by atoms with van der Waals surface area (Å²) in [6, 6.07) is 12.7. The van der Waals surface area contributed by atoms with Crippen molar-refractivity contribution in [2.24, 2.45) is 0 Å². The van der Waals surface area contributed by atoms with Crippen molar-refractivity contribution in [1.82, 2.24) is 14.9 Å². The molecule has 3 heterocycles. The molecule has 1 N–H and O–H groups in total. The number of hydrogen-bond acceptors (Lipinski definition) is 6. The lowest BCUT2D eigenvalue weighted by atomic mass is 9.88. The lowest BCUT2D eigenvalue weighted by Crippen LogP contribution is -2.43. The van der Waals surface area contributed by atoms with Gasteiger partial charge in [0.2, 0.25) is 11.8 Å². The number of thiazole rings is 1. The monoisotopic (exact) mass is 422 g/mol. The van der Waals surface area contributed by atoms with Crippen LogP contribution in [-0.2, 0) is 4.79 Å². The van der Waals surface area contributed by atoms with Gasteiger partial charge in [0.1, 0.15) is 6.10 Å². The van der Waals surface area contributed by atoms with Gasteiger partial charge in [0, 0.05) is 50.7 Å². The molecule has 1 aliphatic carbocycles. The first-order valence-corrected chi connectivity index (χ1v) is 11.5. The van der Waals surface area contributed by atoms with Crippen molar-refractivity contribution in [2.45, 2.75) is 50.7 Å². The normalized spacial score (nSPS) is 22.0. The van der Waals surface area contributed by atoms with Crippen molar-refractivity contribution in [1.29, 1.82) is 0 Å². The van der Waals surface area contributed by atoms with Gasteiger partial charge in [-0.15, -0.1) is 0 Å². The highest BCUT2D eigenvalue weighted by atomic mass is 32.1. The van der Waals surface area contributed by atoms with Crippen molar-refractivity contribution in [3.05, 3.63) is 48.2 Å². The van der Waals surface area contributed by atoms with Gasteiger partial charge in [0.25, 0.3) is 0 Å². The molecule has 2 fully saturated rings. The number of aromatic nitrogens is 2. The van der Waals surface area contributed by atoms with Crippen LogP contribution in [0.25, 0.3) is 10.2 Å². The third kappa shape index (κ3) is 3.99. The van der Waals surface area contributed by atoms with Crippen LogP contribution < -0.4 is 10.1 Å². The minimum absolute atomic E-state index is 0.164. The lowest BCUT2D eigenvalue weighted by Gasteiger charge is -2.36. The zero-order valence-electron chi connectivity index (χ0n) is 17.1. The van der Waals surface area contributed by atoms with Gasteiger partial charge in [0.15, 0.2) is 5.13 Å². The van der Waals surface area contributed by atoms with Crippen LogP contribution in [0.1, 0.15) is 44.1 Å². The molecule has 156 valence electrons. The summed E-state index contributed by atoms with van der Waals surface area (Å²) in [5.41, 5.74) is 2.23. The van der Waals surface area contributed by atoms with E-state index in [-0.39, 0.29) is 12.0 Å². The molecule has 1 saturated carbocycles. The number of hydrogen-bond donors (Lipinski definition) is 1. The van der Waals surface area contributed by atoms with E-state index in [9.17, 15) is 4.79 Å². The van der Waals surface area contributed by atoms with E-state index in [2.05, 4.69) is 27.4 Å². The molecule has 1 amide bonds. The van der Waals surface area contributed by atoms with Crippen LogP contribution in [0.2, 0.25) is 0 Å². The minimum Gasteiger partial charge on any atom is -0.474 e. The standard InChI is InChI=1S/C23H26N4O2S/c1-15(28)27-11-8-16(9-12-27)19-5-4-10-24-22(19)29-18-13-17(14-18)25-23-26-20-6-2-3-7-21(20)30-23/h2-7,10,16-18H,8-9,11-14H2,1H3,(H,25,26). The molecule has 30 heavy (non-hydrogen) atoms. The number of rotatable bonds is 5. The zero-order chi connectivity index (χ0) is 20.5. The summed E-state index contributed by atoms with van der Waals surface area (Å²) in [4.78, 5) is 22.7. The molecule has 3 aromatic rings. The smallest absolute Gasteiger partial charge is 0.219 e. The Morgan fingerprint density at radius 2 is 1.97 bits per heavy atom. The number of fused-ring (bicyclic) bond motifs is 1. The van der Waals surface area contributed by atoms with E-state index in [0.717, 1.165) is 55.3 Å². The first-order chi connectivity index (χ1) is 14.7. The Bertz CT molecular complexity index is 1010. The van der Waals surface area contributed by atoms with Gasteiger partial charge in [-0.25, -0.2) is 9.97 Å². The number of carbonyl (C=O) groups excluding carboxylic acids is 1. The molecule has 1 saturated heterocycles. The largest absolute Gasteiger partial charge is 0.474 e. The highest BCUT2D eigenvalue weighted by molar-refractivity contribution is 7.22. The molecule has 7 heteroatoms. The van der Waals surface area contributed by atoms with Crippen molar-refractivity contribution in [2.75, 3.05) is 18.4 Å². The Kier molecular flexibility index (Phi) is 5.29. The fraction of sp³-hybridized carbons (Fsp3) is 0.435. The van der Waals surface area contributed by atoms with Crippen molar-refractivity contribution < 1.29 is 9.53 Å². The van der Waals surface area contributed by atoms with E-state index in [1.165, 1.54) is 10.3 Å². The van der Waals surface area contributed by atoms with Crippen LogP contribution >= 0.6 is 11.3 Å². The number of para-hydroxylation sites is 1. The number of nitrogens with zero attached hydrogens (tertiary/aromatic N) is 3. The summed E-state index contributed by atoms with van der Waals surface area (Å²) in [5, 5.41) is 4.53. The molecule has 0 radical (unpaired) electrons. The molecular weight excluding hydrogens is 396 g/mol. The first-order valence-electron chi connectivity index (χ1n) is 10.6. The van der Waals surface area contributed by atoms with Crippen molar-refractivity contribution >= 4 is 32.6 Å². The lowest BCUT2D eigenvalue weighted by molar-refractivity contribution is -0.129. The van der Waals surface area contributed by atoms with Crippen molar-refractivity contribution in [3.63, 3.8) is 0 Å². The van der Waals surface area contributed by atoms with Gasteiger partial charge in [-0.05, 0) is 37.0 Å². The maximum Gasteiger partial charge on any atom is 0.219 e. The summed E-state index contributed by atoms with van der Waals surface area (Å²) >= 11 is 1.70. The van der Waals surface area contributed by atoms with Gasteiger partial charge in [-0.3, -0.25) is 4.79 Å². The Labute approximate surface area is 180 Å². The molecule has 6 nitrogen and oxygen atoms in total. The zero-order valence-corrected chi connectivity index (χ0v) is 17.9. The number of amides is 1. The third-order valence-electron chi connectivity index (χ3n) is 6.18. The number of benzene rings is 1. The van der Waals surface area contributed by atoms with Crippen LogP contribution in [0.3, 0.4) is 0 Å². The number of pyridine rings is 1. The summed E-state index contributed by atoms with van der Waals surface area (Å²) in [6.07, 6.45) is 5.83. The number of ether oxygens (including phenoxy) is 1. The van der Waals surface area contributed by atoms with Crippen LogP contribution in [0, 0.1) is 0 Å². The van der Waals surface area contributed by atoms with Gasteiger partial charge >= 0.3 is 0 Å². The average Bonchev–Trinajstić information content (AvgIpc) is 3.15. The maximum absolute atomic E-state index is 11.6. The van der Waals surface area contributed by atoms with Gasteiger partial charge in [-0.2, -0.15) is 0 Å². The molecule has 1 aromatic carbocycles. The minimum atomic E-state index is 0.164. The summed E-state index contributed by atoms with van der Waals surface area (Å²) in [5.74, 6) is 1.33. The van der Waals surface area contributed by atoms with Gasteiger partial charge < -0.3 is 15.0 Å². The van der Waals surface area contributed by atoms with E-state index in [1.807, 2.05) is 29.2 Å². The highest BCUT2D eigenvalue weighted by Gasteiger charge is 2.33. The van der Waals surface area contributed by atoms with E-state index < -0.39 is 0 Å². The number of nitrogens with one attached hydrogen (secondary N) is 1. The Hall–Kier alpha value is -2.67. The second-order valence-electron chi connectivity index (χ2n) is 8.22. The predicted octanol–water partition coefficient (Wildman–Crippen LogP) is 4.44. The molecule has 1 aliphatic heterocycles. The predicted molar refractivity (Wildman–Crippen MR) is 119 cm³/mol. The molecule has 0 atom stereocenters. The number of piperidine rings is 1. The van der Waals surface area contributed by atoms with Crippen LogP contribution in [-0.4, -0.2) is 46.0 Å². The molecule has 5 rings (SSSR count). The van der Waals surface area contributed by atoms with Crippen molar-refractivity contribution in [3.8, 4) is 5.88 Å². The topological polar surface area (TPSA) is 67.4 Å². The third-order valence-corrected chi connectivity index (χ3v) is 7.14. The van der Waals surface area contributed by atoms with Crippen LogP contribution in [0.4, 0.5) is 5.13 Å². The Morgan fingerprint density at radius 1 is 1.17 bits per heavy atom. The van der Waals surface area contributed by atoms with E-state index in [4.69, 9.17) is 4.74 Å². The van der Waals surface area contributed by atoms with Gasteiger partial charge in [0.05, 0.1) is 10.2 Å². The van der Waals surface area contributed by atoms with Gasteiger partial charge in [-0.1, -0.05) is 29.5 Å². The second kappa shape index (κ2) is 8.22. The SMILES string of the molecule is CC(=O)N1CCC(c2cccnc2OC2CC(Nc3nc4ccccc4s3)C2)CC1. The van der Waals surface area contributed by atoms with Crippen LogP contribution in [0.5, 0.6) is 5.88 Å². The quantitative estimate of drug-likeness (QED) is 0.658. The maximum atomic E-state index is 11.6. The fourth-order valence-electron chi connectivity index (χ4n) is 4.36. The highest BCUT2D eigenvalue weighted by Crippen LogP contribution is 2.36. The number of anilines is 1.